The maximum absolute atomic E-state index is 2.44. The van der Waals surface area contributed by atoms with Crippen molar-refractivity contribution in [1.82, 2.24) is 4.90 Å². The fourth-order valence-corrected chi connectivity index (χ4v) is 1.82. The van der Waals surface area contributed by atoms with E-state index in [1.165, 1.54) is 25.8 Å². The maximum atomic E-state index is 2.44. The molecule has 1 unspecified atom stereocenters. The Bertz CT molecular complexity index is 69.5. The molecular formula is C6H12AuNTe. The minimum atomic E-state index is 0. The van der Waals surface area contributed by atoms with Crippen molar-refractivity contribution in [3.05, 3.63) is 0 Å². The van der Waals surface area contributed by atoms with Crippen LogP contribution in [0.2, 0.25) is 0 Å². The Morgan fingerprint density at radius 3 is 2.44 bits per heavy atom. The molecule has 1 fully saturated rings. The van der Waals surface area contributed by atoms with Crippen LogP contribution in [0.1, 0.15) is 19.3 Å². The van der Waals surface area contributed by atoms with Crippen molar-refractivity contribution in [3.63, 3.8) is 0 Å². The van der Waals surface area contributed by atoms with Crippen molar-refractivity contribution in [2.45, 2.75) is 23.4 Å². The molecule has 2 radical (unpaired) electrons. The summed E-state index contributed by atoms with van der Waals surface area (Å²) in [7, 11) is 2.21. The molecule has 0 aliphatic carbocycles. The van der Waals surface area contributed by atoms with E-state index in [1.807, 2.05) is 0 Å². The molecule has 1 saturated heterocycles. The zero-order chi connectivity index (χ0) is 5.98. The van der Waals surface area contributed by atoms with Crippen molar-refractivity contribution in [1.29, 1.82) is 0 Å². The first-order chi connectivity index (χ1) is 3.80. The normalized spacial score (nSPS) is 29.3. The molecule has 0 N–H and O–H groups in total. The van der Waals surface area contributed by atoms with Crippen molar-refractivity contribution in [2.75, 3.05) is 13.6 Å². The van der Waals surface area contributed by atoms with Crippen LogP contribution in [0.4, 0.5) is 0 Å². The fraction of sp³-hybridized carbons (Fsp3) is 1.00. The number of piperidine rings is 1. The van der Waals surface area contributed by atoms with Gasteiger partial charge in [0.05, 0.1) is 0 Å². The first-order valence-electron chi connectivity index (χ1n) is 3.17. The zero-order valence-electron chi connectivity index (χ0n) is 5.56. The van der Waals surface area contributed by atoms with Crippen molar-refractivity contribution < 1.29 is 22.4 Å². The molecule has 1 aliphatic rings. The number of hydrogen-bond acceptors (Lipinski definition) is 1. The molecule has 1 rings (SSSR count). The second-order valence-electron chi connectivity index (χ2n) is 2.43. The van der Waals surface area contributed by atoms with Gasteiger partial charge < -0.3 is 0 Å². The van der Waals surface area contributed by atoms with E-state index in [4.69, 9.17) is 0 Å². The average molecular weight is 423 g/mol. The second-order valence-corrected chi connectivity index (χ2v) is 3.98. The van der Waals surface area contributed by atoms with Gasteiger partial charge in [0.1, 0.15) is 0 Å². The Morgan fingerprint density at radius 2 is 2.11 bits per heavy atom. The Balaban J connectivity index is 0.000000640. The predicted molar refractivity (Wildman–Crippen MR) is 36.0 cm³/mol. The standard InChI is InChI=1S/C6H12NTe.Au/c1-7-5-3-2-4-6(7)8;/h6H,2-5H2,1H3;. The van der Waals surface area contributed by atoms with Crippen LogP contribution >= 0.6 is 0 Å². The van der Waals surface area contributed by atoms with Gasteiger partial charge >= 0.3 is 64.1 Å². The van der Waals surface area contributed by atoms with Gasteiger partial charge in [-0.3, -0.25) is 0 Å². The van der Waals surface area contributed by atoms with Gasteiger partial charge in [0.25, 0.3) is 0 Å². The van der Waals surface area contributed by atoms with Crippen molar-refractivity contribution >= 4 is 22.3 Å². The van der Waals surface area contributed by atoms with Crippen LogP contribution in [0.5, 0.6) is 0 Å². The Hall–Kier alpha value is 1.49. The molecule has 0 aromatic carbocycles. The van der Waals surface area contributed by atoms with Gasteiger partial charge in [0.15, 0.2) is 0 Å². The second kappa shape index (κ2) is 5.18. The summed E-state index contributed by atoms with van der Waals surface area (Å²) in [4.78, 5) is 2.44. The van der Waals surface area contributed by atoms with Crippen molar-refractivity contribution in [2.24, 2.45) is 0 Å². The summed E-state index contributed by atoms with van der Waals surface area (Å²) in [6.07, 6.45) is 4.25. The predicted octanol–water partition coefficient (Wildman–Crippen LogP) is 0.594. The summed E-state index contributed by atoms with van der Waals surface area (Å²) in [5, 5.41) is 0. The van der Waals surface area contributed by atoms with Crippen LogP contribution < -0.4 is 0 Å². The summed E-state index contributed by atoms with van der Waals surface area (Å²) in [6, 6.07) is 0. The van der Waals surface area contributed by atoms with Gasteiger partial charge in [0.2, 0.25) is 0 Å². The smallest absolute Gasteiger partial charge is 0 e. The van der Waals surface area contributed by atoms with E-state index in [2.05, 4.69) is 34.2 Å². The Morgan fingerprint density at radius 1 is 1.44 bits per heavy atom. The van der Waals surface area contributed by atoms with Crippen LogP contribution in [0.15, 0.2) is 0 Å². The Kier molecular flexibility index (Phi) is 6.04. The Labute approximate surface area is 86.0 Å². The molecule has 0 bridgehead atoms. The first-order valence-corrected chi connectivity index (χ1v) is 4.51. The number of likely N-dealkylation sites (tertiary alicyclic amines) is 1. The number of rotatable bonds is 0. The molecule has 1 heterocycles. The van der Waals surface area contributed by atoms with Gasteiger partial charge in [0, 0.05) is 22.4 Å². The van der Waals surface area contributed by atoms with Gasteiger partial charge in [-0.1, -0.05) is 0 Å². The summed E-state index contributed by atoms with van der Waals surface area (Å²) in [6.45, 7) is 1.31. The van der Waals surface area contributed by atoms with Crippen LogP contribution in [0, 0.1) is 0 Å². The quantitative estimate of drug-likeness (QED) is 0.517. The molecule has 0 aromatic rings. The van der Waals surface area contributed by atoms with Crippen molar-refractivity contribution in [3.8, 4) is 0 Å². The van der Waals surface area contributed by atoms with E-state index >= 15 is 0 Å². The van der Waals surface area contributed by atoms with Gasteiger partial charge in [-0.15, -0.1) is 0 Å². The molecule has 0 aromatic heterocycles. The number of nitrogens with zero attached hydrogens (tertiary/aromatic N) is 1. The minimum absolute atomic E-state index is 0. The van der Waals surface area contributed by atoms with E-state index < -0.39 is 0 Å². The van der Waals surface area contributed by atoms with E-state index in [0.29, 0.717) is 0 Å². The first kappa shape index (κ1) is 10.5. The minimum Gasteiger partial charge on any atom is 0 e. The molecule has 0 spiro atoms. The SMILES string of the molecule is CN1CCCCC1[Te].[Au]. The third kappa shape index (κ3) is 3.41. The van der Waals surface area contributed by atoms with Gasteiger partial charge in [-0.25, -0.2) is 0 Å². The molecule has 58 valence electrons. The molecule has 1 atom stereocenters. The van der Waals surface area contributed by atoms with Gasteiger partial charge in [-0.05, 0) is 0 Å². The van der Waals surface area contributed by atoms with Crippen LogP contribution in [0.3, 0.4) is 0 Å². The molecule has 0 amide bonds. The van der Waals surface area contributed by atoms with Gasteiger partial charge in [-0.2, -0.15) is 0 Å². The van der Waals surface area contributed by atoms with E-state index in [9.17, 15) is 0 Å². The van der Waals surface area contributed by atoms with Crippen LogP contribution in [-0.2, 0) is 22.4 Å². The summed E-state index contributed by atoms with van der Waals surface area (Å²) < 4.78 is 0.847. The van der Waals surface area contributed by atoms with Crippen LogP contribution in [0.25, 0.3) is 0 Å². The topological polar surface area (TPSA) is 3.24 Å². The number of hydrogen-bond donors (Lipinski definition) is 0. The molecular weight excluding hydrogens is 411 g/mol. The third-order valence-corrected chi connectivity index (χ3v) is 3.40. The molecule has 1 nitrogen and oxygen atoms in total. The maximum Gasteiger partial charge on any atom is 0 e. The largest absolute Gasteiger partial charge is 0 e. The summed E-state index contributed by atoms with van der Waals surface area (Å²) in [5.41, 5.74) is 0. The van der Waals surface area contributed by atoms with E-state index in [-0.39, 0.29) is 22.4 Å². The van der Waals surface area contributed by atoms with Crippen LogP contribution in [-0.4, -0.2) is 44.9 Å². The monoisotopic (exact) mass is 425 g/mol. The average Bonchev–Trinajstić information content (AvgIpc) is 1.77. The summed E-state index contributed by atoms with van der Waals surface area (Å²) >= 11 is 2.24. The molecule has 1 aliphatic heterocycles. The molecule has 0 saturated carbocycles. The third-order valence-electron chi connectivity index (χ3n) is 1.70. The zero-order valence-corrected chi connectivity index (χ0v) is 10.1. The van der Waals surface area contributed by atoms with E-state index in [1.54, 1.807) is 0 Å². The van der Waals surface area contributed by atoms with E-state index in [0.717, 1.165) is 4.09 Å². The molecule has 9 heavy (non-hydrogen) atoms. The summed E-state index contributed by atoms with van der Waals surface area (Å²) in [5.74, 6) is 0. The molecule has 3 heteroatoms. The fourth-order valence-electron chi connectivity index (χ4n) is 1.04.